The predicted octanol–water partition coefficient (Wildman–Crippen LogP) is 4.15. The van der Waals surface area contributed by atoms with Crippen molar-refractivity contribution in [3.63, 3.8) is 0 Å². The van der Waals surface area contributed by atoms with Crippen molar-refractivity contribution in [3.05, 3.63) is 54.1 Å². The minimum absolute atomic E-state index is 0.324. The number of nitriles is 1. The SMILES string of the molecule is N#Cc1ccc(-c2ccc(OCCCC(=O)Cl)cc2)cc1. The van der Waals surface area contributed by atoms with Crippen LogP contribution in [0.15, 0.2) is 48.5 Å². The van der Waals surface area contributed by atoms with Crippen LogP contribution in [-0.2, 0) is 4.79 Å². The zero-order valence-electron chi connectivity index (χ0n) is 11.4. The Kier molecular flexibility index (Phi) is 5.36. The lowest BCUT2D eigenvalue weighted by Gasteiger charge is -2.07. The smallest absolute Gasteiger partial charge is 0.221 e. The lowest BCUT2D eigenvalue weighted by molar-refractivity contribution is -0.111. The predicted molar refractivity (Wildman–Crippen MR) is 82.2 cm³/mol. The average Bonchev–Trinajstić information content (AvgIpc) is 2.52. The van der Waals surface area contributed by atoms with Crippen LogP contribution < -0.4 is 4.74 Å². The number of benzene rings is 2. The van der Waals surface area contributed by atoms with Gasteiger partial charge in [0.2, 0.25) is 5.24 Å². The highest BCUT2D eigenvalue weighted by Gasteiger charge is 2.00. The van der Waals surface area contributed by atoms with Gasteiger partial charge >= 0.3 is 0 Å². The van der Waals surface area contributed by atoms with Crippen LogP contribution in [0.1, 0.15) is 18.4 Å². The third-order valence-corrected chi connectivity index (χ3v) is 3.18. The summed E-state index contributed by atoms with van der Waals surface area (Å²) in [7, 11) is 0. The van der Waals surface area contributed by atoms with Crippen molar-refractivity contribution in [1.29, 1.82) is 5.26 Å². The second kappa shape index (κ2) is 7.47. The van der Waals surface area contributed by atoms with Crippen LogP contribution in [0.4, 0.5) is 0 Å². The van der Waals surface area contributed by atoms with Crippen molar-refractivity contribution in [1.82, 2.24) is 0 Å². The Morgan fingerprint density at radius 2 is 1.62 bits per heavy atom. The van der Waals surface area contributed by atoms with Crippen LogP contribution in [0.2, 0.25) is 0 Å². The Morgan fingerprint density at radius 1 is 1.05 bits per heavy atom. The molecule has 2 rings (SSSR count). The molecule has 0 atom stereocenters. The first-order valence-electron chi connectivity index (χ1n) is 6.61. The summed E-state index contributed by atoms with van der Waals surface area (Å²) in [5.74, 6) is 0.759. The van der Waals surface area contributed by atoms with Gasteiger partial charge in [-0.3, -0.25) is 4.79 Å². The molecule has 0 fully saturated rings. The van der Waals surface area contributed by atoms with Crippen LogP contribution in [0.3, 0.4) is 0 Å². The molecule has 0 unspecified atom stereocenters. The van der Waals surface area contributed by atoms with E-state index >= 15 is 0 Å². The molecule has 0 bridgehead atoms. The second-order valence-corrected chi connectivity index (χ2v) is 4.94. The third kappa shape index (κ3) is 4.62. The average molecular weight is 300 g/mol. The standard InChI is InChI=1S/C17H14ClNO2/c18-17(20)2-1-11-21-16-9-7-15(8-10-16)14-5-3-13(12-19)4-6-14/h3-10H,1-2,11H2. The van der Waals surface area contributed by atoms with Gasteiger partial charge in [0, 0.05) is 6.42 Å². The fourth-order valence-corrected chi connectivity index (χ4v) is 2.02. The summed E-state index contributed by atoms with van der Waals surface area (Å²) >= 11 is 5.26. The Hall–Kier alpha value is -2.31. The molecule has 0 amide bonds. The number of halogens is 1. The molecule has 0 aliphatic carbocycles. The van der Waals surface area contributed by atoms with Crippen molar-refractivity contribution in [3.8, 4) is 22.9 Å². The Labute approximate surface area is 128 Å². The molecular formula is C17H14ClNO2. The van der Waals surface area contributed by atoms with Gasteiger partial charge in [0.15, 0.2) is 0 Å². The molecule has 0 spiro atoms. The minimum Gasteiger partial charge on any atom is -0.494 e. The second-order valence-electron chi connectivity index (χ2n) is 4.52. The van der Waals surface area contributed by atoms with E-state index in [-0.39, 0.29) is 5.24 Å². The summed E-state index contributed by atoms with van der Waals surface area (Å²) in [6.45, 7) is 0.467. The van der Waals surface area contributed by atoms with Crippen molar-refractivity contribution < 1.29 is 9.53 Å². The summed E-state index contributed by atoms with van der Waals surface area (Å²) in [5, 5.41) is 8.44. The summed E-state index contributed by atoms with van der Waals surface area (Å²) in [6.07, 6.45) is 0.935. The maximum atomic E-state index is 10.6. The van der Waals surface area contributed by atoms with E-state index in [0.29, 0.717) is 25.0 Å². The molecule has 2 aromatic rings. The number of hydrogen-bond donors (Lipinski definition) is 0. The highest BCUT2D eigenvalue weighted by molar-refractivity contribution is 6.63. The molecule has 21 heavy (non-hydrogen) atoms. The van der Waals surface area contributed by atoms with Crippen molar-refractivity contribution >= 4 is 16.8 Å². The van der Waals surface area contributed by atoms with Gasteiger partial charge in [0.25, 0.3) is 0 Å². The van der Waals surface area contributed by atoms with Gasteiger partial charge in [-0.2, -0.15) is 5.26 Å². The number of carbonyl (C=O) groups excluding carboxylic acids is 1. The minimum atomic E-state index is -0.338. The number of rotatable bonds is 6. The third-order valence-electron chi connectivity index (χ3n) is 2.99. The number of hydrogen-bond acceptors (Lipinski definition) is 3. The fourth-order valence-electron chi connectivity index (χ4n) is 1.88. The molecule has 0 aromatic heterocycles. The topological polar surface area (TPSA) is 50.1 Å². The zero-order valence-corrected chi connectivity index (χ0v) is 12.1. The van der Waals surface area contributed by atoms with Gasteiger partial charge in [-0.1, -0.05) is 24.3 Å². The maximum absolute atomic E-state index is 10.6. The Bertz CT molecular complexity index is 642. The van der Waals surface area contributed by atoms with Crippen LogP contribution in [-0.4, -0.2) is 11.8 Å². The molecule has 2 aromatic carbocycles. The summed E-state index contributed by atoms with van der Waals surface area (Å²) in [4.78, 5) is 10.6. The molecule has 0 heterocycles. The van der Waals surface area contributed by atoms with Crippen molar-refractivity contribution in [2.24, 2.45) is 0 Å². The molecule has 0 aliphatic rings. The van der Waals surface area contributed by atoms with Crippen LogP contribution in [0.25, 0.3) is 11.1 Å². The fraction of sp³-hybridized carbons (Fsp3) is 0.176. The Balaban J connectivity index is 1.95. The van der Waals surface area contributed by atoms with Gasteiger partial charge in [-0.25, -0.2) is 0 Å². The number of ether oxygens (including phenoxy) is 1. The molecule has 0 radical (unpaired) electrons. The molecule has 3 nitrogen and oxygen atoms in total. The summed E-state index contributed by atoms with van der Waals surface area (Å²) in [6, 6.07) is 17.2. The molecule has 0 aliphatic heterocycles. The van der Waals surface area contributed by atoms with E-state index in [1.54, 1.807) is 12.1 Å². The molecular weight excluding hydrogens is 286 g/mol. The molecule has 106 valence electrons. The van der Waals surface area contributed by atoms with Crippen LogP contribution in [0.5, 0.6) is 5.75 Å². The number of carbonyl (C=O) groups is 1. The van der Waals surface area contributed by atoms with Gasteiger partial charge in [0.05, 0.1) is 18.2 Å². The van der Waals surface area contributed by atoms with Gasteiger partial charge < -0.3 is 4.74 Å². The summed E-state index contributed by atoms with van der Waals surface area (Å²) < 4.78 is 5.53. The van der Waals surface area contributed by atoms with E-state index in [9.17, 15) is 4.79 Å². The van der Waals surface area contributed by atoms with E-state index in [0.717, 1.165) is 16.9 Å². The lowest BCUT2D eigenvalue weighted by atomic mass is 10.0. The first-order chi connectivity index (χ1) is 10.2. The quantitative estimate of drug-likeness (QED) is 0.595. The zero-order chi connectivity index (χ0) is 15.1. The highest BCUT2D eigenvalue weighted by Crippen LogP contribution is 2.22. The van der Waals surface area contributed by atoms with Crippen molar-refractivity contribution in [2.45, 2.75) is 12.8 Å². The number of nitrogens with zero attached hydrogens (tertiary/aromatic N) is 1. The van der Waals surface area contributed by atoms with Crippen molar-refractivity contribution in [2.75, 3.05) is 6.61 Å². The van der Waals surface area contributed by atoms with Gasteiger partial charge in [-0.05, 0) is 53.4 Å². The molecule has 4 heteroatoms. The largest absolute Gasteiger partial charge is 0.494 e. The van der Waals surface area contributed by atoms with Gasteiger partial charge in [0.1, 0.15) is 5.75 Å². The first-order valence-corrected chi connectivity index (χ1v) is 6.98. The maximum Gasteiger partial charge on any atom is 0.221 e. The van der Waals surface area contributed by atoms with E-state index < -0.39 is 0 Å². The van der Waals surface area contributed by atoms with E-state index in [1.165, 1.54) is 0 Å². The molecule has 0 saturated heterocycles. The molecule has 0 saturated carbocycles. The van der Waals surface area contributed by atoms with Gasteiger partial charge in [-0.15, -0.1) is 0 Å². The van der Waals surface area contributed by atoms with E-state index in [2.05, 4.69) is 6.07 Å². The Morgan fingerprint density at radius 3 is 2.14 bits per heavy atom. The monoisotopic (exact) mass is 299 g/mol. The molecule has 0 N–H and O–H groups in total. The normalized spacial score (nSPS) is 9.90. The van der Waals surface area contributed by atoms with Crippen LogP contribution >= 0.6 is 11.6 Å². The first kappa shape index (κ1) is 15.1. The lowest BCUT2D eigenvalue weighted by Crippen LogP contribution is -1.99. The highest BCUT2D eigenvalue weighted by atomic mass is 35.5. The van der Waals surface area contributed by atoms with E-state index in [4.69, 9.17) is 21.6 Å². The summed E-state index contributed by atoms with van der Waals surface area (Å²) in [5.41, 5.74) is 2.75. The van der Waals surface area contributed by atoms with E-state index in [1.807, 2.05) is 36.4 Å². The van der Waals surface area contributed by atoms with Crippen LogP contribution in [0, 0.1) is 11.3 Å².